The van der Waals surface area contributed by atoms with E-state index in [1.54, 1.807) is 5.56 Å². The summed E-state index contributed by atoms with van der Waals surface area (Å²) in [6.07, 6.45) is 49.3. The highest BCUT2D eigenvalue weighted by Gasteiger charge is 2.40. The Bertz CT molecular complexity index is 1750. The van der Waals surface area contributed by atoms with E-state index in [2.05, 4.69) is 68.3 Å². The largest absolute Gasteiger partial charge is 0.0546 e. The third-order valence-corrected chi connectivity index (χ3v) is 22.3. The van der Waals surface area contributed by atoms with Crippen LogP contribution in [0, 0.1) is 0 Å². The molecule has 0 spiro atoms. The number of hydrogen-bond acceptors (Lipinski definition) is 0. The van der Waals surface area contributed by atoms with Crippen LogP contribution in [0.2, 0.25) is 0 Å². The van der Waals surface area contributed by atoms with Crippen LogP contribution in [-0.4, -0.2) is 0 Å². The Kier molecular flexibility index (Phi) is 16.0. The summed E-state index contributed by atoms with van der Waals surface area (Å²) in [6.45, 7) is 0. The van der Waals surface area contributed by atoms with Crippen molar-refractivity contribution in [3.8, 4) is 0 Å². The zero-order valence-corrected chi connectivity index (χ0v) is 43.5. The first-order valence-electron chi connectivity index (χ1n) is 27.7. The maximum atomic E-state index is 4.31. The van der Waals surface area contributed by atoms with Crippen molar-refractivity contribution < 1.29 is 0 Å². The van der Waals surface area contributed by atoms with Crippen molar-refractivity contribution >= 4 is 55.7 Å². The van der Waals surface area contributed by atoms with Gasteiger partial charge in [0.1, 0.15) is 0 Å². The van der Waals surface area contributed by atoms with Crippen molar-refractivity contribution in [2.24, 2.45) is 0 Å². The molecular formula is C60H83Br2P. The molecule has 0 bridgehead atoms. The van der Waals surface area contributed by atoms with Crippen LogP contribution in [0.15, 0.2) is 45.3 Å². The van der Waals surface area contributed by atoms with Crippen molar-refractivity contribution in [1.29, 1.82) is 0 Å². The Balaban J connectivity index is 1.34. The van der Waals surface area contributed by atoms with Gasteiger partial charge >= 0.3 is 0 Å². The van der Waals surface area contributed by atoms with Crippen LogP contribution in [0.4, 0.5) is 0 Å². The summed E-state index contributed by atoms with van der Waals surface area (Å²) in [4.78, 5) is 0. The average molecular weight is 995 g/mol. The van der Waals surface area contributed by atoms with Crippen LogP contribution in [0.1, 0.15) is 305 Å². The first-order valence-corrected chi connectivity index (χ1v) is 30.7. The first kappa shape index (κ1) is 45.8. The highest BCUT2D eigenvalue weighted by Crippen LogP contribution is 2.54. The molecule has 0 aliphatic heterocycles. The van der Waals surface area contributed by atoms with E-state index in [0.29, 0.717) is 35.5 Å². The molecule has 63 heavy (non-hydrogen) atoms. The van der Waals surface area contributed by atoms with Gasteiger partial charge in [0.2, 0.25) is 0 Å². The van der Waals surface area contributed by atoms with Crippen LogP contribution in [-0.2, 0) is 0 Å². The smallest absolute Gasteiger partial charge is 0.0181 e. The van der Waals surface area contributed by atoms with Gasteiger partial charge in [-0.25, -0.2) is 0 Å². The monoisotopic (exact) mass is 992 g/mol. The number of rotatable bonds is 10. The lowest BCUT2D eigenvalue weighted by molar-refractivity contribution is 0.429. The molecule has 3 aromatic carbocycles. The van der Waals surface area contributed by atoms with Crippen LogP contribution in [0.3, 0.4) is 0 Å². The van der Waals surface area contributed by atoms with E-state index in [-0.39, 0.29) is 0 Å². The zero-order valence-electron chi connectivity index (χ0n) is 39.5. The molecule has 0 N–H and O–H groups in total. The third-order valence-electron chi connectivity index (χ3n) is 18.5. The van der Waals surface area contributed by atoms with Gasteiger partial charge in [0, 0.05) is 8.95 Å². The van der Waals surface area contributed by atoms with E-state index in [9.17, 15) is 0 Å². The van der Waals surface area contributed by atoms with Crippen molar-refractivity contribution in [2.75, 3.05) is 0 Å². The fraction of sp³-hybridized carbons (Fsp3) is 0.700. The molecule has 0 nitrogen and oxygen atoms in total. The Hall–Kier alpha value is -0.950. The summed E-state index contributed by atoms with van der Waals surface area (Å²) in [5.74, 6) is 4.92. The van der Waals surface area contributed by atoms with Crippen LogP contribution < -0.4 is 15.9 Å². The molecule has 7 saturated carbocycles. The second-order valence-electron chi connectivity index (χ2n) is 22.6. The molecule has 0 unspecified atom stereocenters. The number of hydrogen-bond donors (Lipinski definition) is 0. The Morgan fingerprint density at radius 2 is 0.444 bits per heavy atom. The van der Waals surface area contributed by atoms with Gasteiger partial charge in [-0.2, -0.15) is 0 Å². The normalized spacial score (nSPS) is 24.0. The predicted molar refractivity (Wildman–Crippen MR) is 281 cm³/mol. The summed E-state index contributed by atoms with van der Waals surface area (Å²) in [5.41, 5.74) is 12.8. The lowest BCUT2D eigenvalue weighted by Gasteiger charge is -2.41. The molecule has 0 heterocycles. The fourth-order valence-electron chi connectivity index (χ4n) is 15.1. The molecular weight excluding hydrogens is 911 g/mol. The number of halogens is 2. The molecule has 0 saturated heterocycles. The van der Waals surface area contributed by atoms with Gasteiger partial charge < -0.3 is 0 Å². The highest BCUT2D eigenvalue weighted by molar-refractivity contribution is 9.10. The lowest BCUT2D eigenvalue weighted by Crippen LogP contribution is -2.37. The number of benzene rings is 3. The van der Waals surface area contributed by atoms with Gasteiger partial charge in [-0.3, -0.25) is 0 Å². The van der Waals surface area contributed by atoms with Crippen molar-refractivity contribution in [3.63, 3.8) is 0 Å². The molecule has 3 heteroatoms. The van der Waals surface area contributed by atoms with Gasteiger partial charge in [0.05, 0.1) is 0 Å². The average Bonchev–Trinajstić information content (AvgIpc) is 3.36. The van der Waals surface area contributed by atoms with Crippen LogP contribution in [0.25, 0.3) is 0 Å². The summed E-state index contributed by atoms with van der Waals surface area (Å²) >= 11 is 8.63. The molecule has 0 aromatic heterocycles. The topological polar surface area (TPSA) is 0 Å². The summed E-state index contributed by atoms with van der Waals surface area (Å²) in [6, 6.07) is 17.0. The van der Waals surface area contributed by atoms with E-state index in [1.807, 2.05) is 49.3 Å². The second kappa shape index (κ2) is 22.0. The second-order valence-corrected chi connectivity index (χ2v) is 26.4. The molecule has 342 valence electrons. The molecule has 10 rings (SSSR count). The minimum atomic E-state index is -0.816. The standard InChI is InChI=1S/C60H83Br2P/c61-50-38-54(45-28-14-4-15-29-45)59(55(39-50)46-30-16-5-17-31-46)63(60-56(47-32-18-6-19-33-47)40-51(62)41-57(60)48-34-20-7-21-35-48)58-52(43-24-10-2-11-25-43)36-49(42-22-8-1-9-23-42)37-53(58)44-26-12-3-13-27-44/h36-48H,1-35H2. The quantitative estimate of drug-likeness (QED) is 0.178. The van der Waals surface area contributed by atoms with Gasteiger partial charge in [0.25, 0.3) is 0 Å². The SMILES string of the molecule is Brc1cc(C2CCCCC2)c(P(c2c(C3CCCCC3)cc(Br)cc2C2CCCCC2)c2c(C3CCCCC3)cc(C3CCCCC3)cc2C2CCCCC2)c(C2CCCCC2)c1. The van der Waals surface area contributed by atoms with Crippen molar-refractivity contribution in [1.82, 2.24) is 0 Å². The molecule has 0 radical (unpaired) electrons. The summed E-state index contributed by atoms with van der Waals surface area (Å²) in [5, 5.41) is 5.79. The molecule has 7 fully saturated rings. The Morgan fingerprint density at radius 3 is 0.667 bits per heavy atom. The minimum Gasteiger partial charge on any atom is -0.0546 e. The van der Waals surface area contributed by atoms with E-state index >= 15 is 0 Å². The molecule has 7 aliphatic rings. The van der Waals surface area contributed by atoms with E-state index in [1.165, 1.54) is 234 Å². The zero-order chi connectivity index (χ0) is 42.5. The first-order chi connectivity index (χ1) is 31.1. The molecule has 3 aromatic rings. The Morgan fingerprint density at radius 1 is 0.254 bits per heavy atom. The van der Waals surface area contributed by atoms with E-state index in [4.69, 9.17) is 0 Å². The lowest BCUT2D eigenvalue weighted by atomic mass is 9.76. The molecule has 0 amide bonds. The maximum Gasteiger partial charge on any atom is 0.0181 e. The fourth-order valence-corrected chi connectivity index (χ4v) is 19.8. The van der Waals surface area contributed by atoms with E-state index in [0.717, 1.165) is 5.92 Å². The van der Waals surface area contributed by atoms with Crippen LogP contribution >= 0.6 is 39.8 Å². The molecule has 0 atom stereocenters. The van der Waals surface area contributed by atoms with Crippen molar-refractivity contribution in [2.45, 2.75) is 266 Å². The van der Waals surface area contributed by atoms with Gasteiger partial charge in [0.15, 0.2) is 0 Å². The summed E-state index contributed by atoms with van der Waals surface area (Å²) < 4.78 is 2.76. The Labute approximate surface area is 403 Å². The van der Waals surface area contributed by atoms with Crippen molar-refractivity contribution in [3.05, 3.63) is 84.3 Å². The van der Waals surface area contributed by atoms with Crippen LogP contribution in [0.5, 0.6) is 0 Å². The maximum absolute atomic E-state index is 4.31. The van der Waals surface area contributed by atoms with Gasteiger partial charge in [-0.05, 0) is 218 Å². The highest BCUT2D eigenvalue weighted by atomic mass is 79.9. The predicted octanol–water partition coefficient (Wildman–Crippen LogP) is 19.3. The van der Waals surface area contributed by atoms with Gasteiger partial charge in [-0.1, -0.05) is 179 Å². The molecule has 7 aliphatic carbocycles. The van der Waals surface area contributed by atoms with Gasteiger partial charge in [-0.15, -0.1) is 0 Å². The summed E-state index contributed by atoms with van der Waals surface area (Å²) in [7, 11) is -0.816. The third kappa shape index (κ3) is 10.4. The van der Waals surface area contributed by atoms with E-state index < -0.39 is 7.92 Å². The minimum absolute atomic E-state index is 0.683.